The zero-order chi connectivity index (χ0) is 15.1. The van der Waals surface area contributed by atoms with Crippen molar-refractivity contribution in [2.24, 2.45) is 5.92 Å². The van der Waals surface area contributed by atoms with Crippen LogP contribution in [0.2, 0.25) is 0 Å². The van der Waals surface area contributed by atoms with Gasteiger partial charge in [-0.25, -0.2) is 0 Å². The molecule has 1 saturated heterocycles. The van der Waals surface area contributed by atoms with Gasteiger partial charge in [-0.2, -0.15) is 5.26 Å². The quantitative estimate of drug-likeness (QED) is 0.904. The van der Waals surface area contributed by atoms with Crippen molar-refractivity contribution < 1.29 is 9.84 Å². The Morgan fingerprint density at radius 1 is 1.33 bits per heavy atom. The summed E-state index contributed by atoms with van der Waals surface area (Å²) in [4.78, 5) is 2.33. The lowest BCUT2D eigenvalue weighted by Crippen LogP contribution is -2.36. The van der Waals surface area contributed by atoms with E-state index >= 15 is 0 Å². The van der Waals surface area contributed by atoms with Crippen molar-refractivity contribution >= 4 is 0 Å². The number of aliphatic hydroxyl groups is 1. The van der Waals surface area contributed by atoms with Gasteiger partial charge in [-0.15, -0.1) is 0 Å². The van der Waals surface area contributed by atoms with E-state index in [1.54, 1.807) is 24.3 Å². The number of benzene rings is 1. The predicted octanol–water partition coefficient (Wildman–Crippen LogP) is 2.42. The average Bonchev–Trinajstić information content (AvgIpc) is 2.70. The van der Waals surface area contributed by atoms with Crippen LogP contribution < -0.4 is 4.74 Å². The Morgan fingerprint density at radius 2 is 2.10 bits per heavy atom. The number of hydrogen-bond donors (Lipinski definition) is 1. The molecule has 0 spiro atoms. The molecule has 0 radical (unpaired) electrons. The van der Waals surface area contributed by atoms with Crippen molar-refractivity contribution in [1.82, 2.24) is 4.90 Å². The number of aliphatic hydroxyl groups excluding tert-OH is 1. The number of nitriles is 1. The molecule has 4 nitrogen and oxygen atoms in total. The van der Waals surface area contributed by atoms with E-state index in [9.17, 15) is 5.11 Å². The van der Waals surface area contributed by atoms with E-state index in [0.717, 1.165) is 19.0 Å². The van der Waals surface area contributed by atoms with Crippen LogP contribution in [0.5, 0.6) is 5.75 Å². The third-order valence-electron chi connectivity index (χ3n) is 4.00. The summed E-state index contributed by atoms with van der Waals surface area (Å²) in [6.07, 6.45) is 3.23. The van der Waals surface area contributed by atoms with Crippen LogP contribution >= 0.6 is 0 Å². The Kier molecular flexibility index (Phi) is 6.04. The van der Waals surface area contributed by atoms with Gasteiger partial charge < -0.3 is 14.7 Å². The first-order valence-electron chi connectivity index (χ1n) is 7.70. The van der Waals surface area contributed by atoms with Gasteiger partial charge >= 0.3 is 0 Å². The standard InChI is InChI=1S/C17H24N2O2/c1-14-3-2-9-19(10-8-14)12-16(20)13-21-17-6-4-15(11-18)5-7-17/h4-7,14,16,20H,2-3,8-10,12-13H2,1H3. The van der Waals surface area contributed by atoms with Gasteiger partial charge in [-0.05, 0) is 62.5 Å². The fourth-order valence-corrected chi connectivity index (χ4v) is 2.67. The van der Waals surface area contributed by atoms with Gasteiger partial charge in [0.2, 0.25) is 0 Å². The molecule has 0 amide bonds. The second-order valence-electron chi connectivity index (χ2n) is 5.94. The Labute approximate surface area is 127 Å². The monoisotopic (exact) mass is 288 g/mol. The van der Waals surface area contributed by atoms with Gasteiger partial charge in [-0.3, -0.25) is 0 Å². The van der Waals surface area contributed by atoms with Crippen LogP contribution in [-0.4, -0.2) is 42.4 Å². The van der Waals surface area contributed by atoms with E-state index in [-0.39, 0.29) is 6.61 Å². The molecule has 0 bridgehead atoms. The van der Waals surface area contributed by atoms with Crippen LogP contribution in [0.15, 0.2) is 24.3 Å². The van der Waals surface area contributed by atoms with Crippen LogP contribution in [0.1, 0.15) is 31.7 Å². The fourth-order valence-electron chi connectivity index (χ4n) is 2.67. The van der Waals surface area contributed by atoms with Crippen molar-refractivity contribution in [2.75, 3.05) is 26.2 Å². The van der Waals surface area contributed by atoms with Gasteiger partial charge in [0.15, 0.2) is 0 Å². The van der Waals surface area contributed by atoms with Gasteiger partial charge in [-0.1, -0.05) is 6.92 Å². The zero-order valence-corrected chi connectivity index (χ0v) is 12.7. The Balaban J connectivity index is 1.73. The first-order chi connectivity index (χ1) is 10.2. The average molecular weight is 288 g/mol. The van der Waals surface area contributed by atoms with E-state index < -0.39 is 6.10 Å². The van der Waals surface area contributed by atoms with Gasteiger partial charge in [0, 0.05) is 6.54 Å². The molecule has 0 aromatic heterocycles. The topological polar surface area (TPSA) is 56.5 Å². The molecule has 4 heteroatoms. The van der Waals surface area contributed by atoms with Crippen LogP contribution in [0.3, 0.4) is 0 Å². The van der Waals surface area contributed by atoms with Gasteiger partial charge in [0.1, 0.15) is 18.5 Å². The third-order valence-corrected chi connectivity index (χ3v) is 4.00. The summed E-state index contributed by atoms with van der Waals surface area (Å²) in [6, 6.07) is 9.04. The minimum absolute atomic E-state index is 0.290. The predicted molar refractivity (Wildman–Crippen MR) is 82.1 cm³/mol. The number of likely N-dealkylation sites (tertiary alicyclic amines) is 1. The molecule has 1 fully saturated rings. The summed E-state index contributed by atoms with van der Waals surface area (Å²) in [5, 5.41) is 18.8. The largest absolute Gasteiger partial charge is 0.491 e. The molecule has 21 heavy (non-hydrogen) atoms. The Hall–Kier alpha value is -1.57. The molecule has 1 aromatic rings. The molecule has 1 aliphatic heterocycles. The van der Waals surface area contributed by atoms with Crippen molar-refractivity contribution in [3.8, 4) is 11.8 Å². The van der Waals surface area contributed by atoms with Crippen molar-refractivity contribution in [2.45, 2.75) is 32.3 Å². The molecule has 2 rings (SSSR count). The highest BCUT2D eigenvalue weighted by atomic mass is 16.5. The minimum Gasteiger partial charge on any atom is -0.491 e. The maximum absolute atomic E-state index is 10.1. The third kappa shape index (κ3) is 5.37. The zero-order valence-electron chi connectivity index (χ0n) is 12.7. The summed E-state index contributed by atoms with van der Waals surface area (Å²) in [5.74, 6) is 1.49. The summed E-state index contributed by atoms with van der Waals surface area (Å²) in [6.45, 7) is 5.39. The normalized spacial score (nSPS) is 21.3. The number of ether oxygens (including phenoxy) is 1. The van der Waals surface area contributed by atoms with Crippen LogP contribution in [0.25, 0.3) is 0 Å². The van der Waals surface area contributed by atoms with Crippen molar-refractivity contribution in [3.63, 3.8) is 0 Å². The van der Waals surface area contributed by atoms with Gasteiger partial charge in [0.25, 0.3) is 0 Å². The van der Waals surface area contributed by atoms with E-state index in [0.29, 0.717) is 17.9 Å². The van der Waals surface area contributed by atoms with E-state index in [1.807, 2.05) is 0 Å². The maximum Gasteiger partial charge on any atom is 0.119 e. The van der Waals surface area contributed by atoms with E-state index in [4.69, 9.17) is 10.00 Å². The summed E-state index contributed by atoms with van der Waals surface area (Å²) < 4.78 is 5.58. The number of β-amino-alcohol motifs (C(OH)–C–C–N with tert-alkyl or cyclic N) is 1. The number of rotatable bonds is 5. The molecule has 2 unspecified atom stereocenters. The van der Waals surface area contributed by atoms with Crippen molar-refractivity contribution in [3.05, 3.63) is 29.8 Å². The number of hydrogen-bond acceptors (Lipinski definition) is 4. The fraction of sp³-hybridized carbons (Fsp3) is 0.588. The molecule has 1 N–H and O–H groups in total. The minimum atomic E-state index is -0.478. The SMILES string of the molecule is CC1CCCN(CC(O)COc2ccc(C#N)cc2)CC1. The lowest BCUT2D eigenvalue weighted by Gasteiger charge is -2.23. The first kappa shape index (κ1) is 15.8. The Bertz CT molecular complexity index is 467. The van der Waals surface area contributed by atoms with Gasteiger partial charge in [0.05, 0.1) is 11.6 Å². The highest BCUT2D eigenvalue weighted by Gasteiger charge is 2.17. The molecular formula is C17H24N2O2. The van der Waals surface area contributed by atoms with Crippen molar-refractivity contribution in [1.29, 1.82) is 5.26 Å². The molecule has 1 heterocycles. The van der Waals surface area contributed by atoms with E-state index in [2.05, 4.69) is 17.9 Å². The van der Waals surface area contributed by atoms with E-state index in [1.165, 1.54) is 19.3 Å². The summed E-state index contributed by atoms with van der Waals surface area (Å²) in [7, 11) is 0. The second-order valence-corrected chi connectivity index (χ2v) is 5.94. The molecule has 0 saturated carbocycles. The molecule has 114 valence electrons. The summed E-state index contributed by atoms with van der Waals surface area (Å²) in [5.41, 5.74) is 0.613. The highest BCUT2D eigenvalue weighted by Crippen LogP contribution is 2.17. The number of nitrogens with zero attached hydrogens (tertiary/aromatic N) is 2. The molecule has 1 aromatic carbocycles. The van der Waals surface area contributed by atoms with Crippen LogP contribution in [-0.2, 0) is 0 Å². The maximum atomic E-state index is 10.1. The first-order valence-corrected chi connectivity index (χ1v) is 7.70. The molecule has 1 aliphatic rings. The Morgan fingerprint density at radius 3 is 2.81 bits per heavy atom. The molecule has 2 atom stereocenters. The lowest BCUT2D eigenvalue weighted by molar-refractivity contribution is 0.0691. The smallest absolute Gasteiger partial charge is 0.119 e. The highest BCUT2D eigenvalue weighted by molar-refractivity contribution is 5.34. The molecule has 0 aliphatic carbocycles. The van der Waals surface area contributed by atoms with Crippen LogP contribution in [0.4, 0.5) is 0 Å². The second kappa shape index (κ2) is 8.02. The van der Waals surface area contributed by atoms with Crippen LogP contribution in [0, 0.1) is 17.2 Å². The summed E-state index contributed by atoms with van der Waals surface area (Å²) >= 11 is 0. The molecular weight excluding hydrogens is 264 g/mol. The lowest BCUT2D eigenvalue weighted by atomic mass is 10.0.